The van der Waals surface area contributed by atoms with E-state index in [-0.39, 0.29) is 11.3 Å². The van der Waals surface area contributed by atoms with E-state index in [9.17, 15) is 0 Å². The van der Waals surface area contributed by atoms with Crippen molar-refractivity contribution in [1.82, 2.24) is 0 Å². The van der Waals surface area contributed by atoms with Crippen molar-refractivity contribution in [2.75, 3.05) is 13.1 Å². The molecule has 0 unspecified atom stereocenters. The molecule has 2 heteroatoms. The van der Waals surface area contributed by atoms with Crippen molar-refractivity contribution in [2.24, 2.45) is 11.5 Å². The molecule has 3 aromatic rings. The fourth-order valence-corrected chi connectivity index (χ4v) is 5.72. The molecule has 4 N–H and O–H groups in total. The van der Waals surface area contributed by atoms with Crippen LogP contribution in [-0.4, -0.2) is 13.1 Å². The minimum absolute atomic E-state index is 0.258. The number of nitrogens with two attached hydrogens (primary N) is 2. The summed E-state index contributed by atoms with van der Waals surface area (Å²) in [6.45, 7) is 1.58. The van der Waals surface area contributed by atoms with E-state index in [0.717, 1.165) is 25.9 Å². The maximum atomic E-state index is 5.85. The molecule has 0 saturated carbocycles. The largest absolute Gasteiger partial charge is 0.330 e. The molecule has 0 amide bonds. The van der Waals surface area contributed by atoms with Crippen LogP contribution >= 0.6 is 0 Å². The predicted octanol–water partition coefficient (Wildman–Crippen LogP) is 6.31. The van der Waals surface area contributed by atoms with Crippen LogP contribution in [0.4, 0.5) is 0 Å². The van der Waals surface area contributed by atoms with Gasteiger partial charge in [0.25, 0.3) is 0 Å². The van der Waals surface area contributed by atoms with E-state index in [0.29, 0.717) is 0 Å². The molecule has 32 heavy (non-hydrogen) atoms. The quantitative estimate of drug-likeness (QED) is 0.279. The lowest BCUT2D eigenvalue weighted by Gasteiger charge is -2.32. The summed E-state index contributed by atoms with van der Waals surface area (Å²) < 4.78 is 0. The highest BCUT2D eigenvalue weighted by atomic mass is 14.5. The summed E-state index contributed by atoms with van der Waals surface area (Å²) in [5, 5.41) is 0. The van der Waals surface area contributed by atoms with Crippen molar-refractivity contribution < 1.29 is 0 Å². The van der Waals surface area contributed by atoms with Gasteiger partial charge < -0.3 is 11.5 Å². The number of aryl methyl sites for hydroxylation is 1. The first-order valence-corrected chi connectivity index (χ1v) is 12.4. The molecule has 0 aromatic heterocycles. The standard InChI is InChI=1S/C30H38N2/c31-21-9-7-18-30(19-8-10-22-32)20-17-24-15-16-27(23-28(24)30)29(25-11-3-1-4-12-25)26-13-5-2-6-14-26/h1-6,11-16,23,29H,7-10,17-22,31-32H2. The molecule has 1 aliphatic carbocycles. The summed E-state index contributed by atoms with van der Waals surface area (Å²) in [6, 6.07) is 29.2. The van der Waals surface area contributed by atoms with Gasteiger partial charge in [0, 0.05) is 5.92 Å². The Morgan fingerprint density at radius 1 is 0.656 bits per heavy atom. The average Bonchev–Trinajstić information content (AvgIpc) is 3.19. The maximum Gasteiger partial charge on any atom is 0.0340 e. The molecule has 1 aliphatic rings. The number of unbranched alkanes of at least 4 members (excludes halogenated alkanes) is 2. The first-order chi connectivity index (χ1) is 15.8. The van der Waals surface area contributed by atoms with Gasteiger partial charge >= 0.3 is 0 Å². The monoisotopic (exact) mass is 426 g/mol. The van der Waals surface area contributed by atoms with Crippen LogP contribution in [0.1, 0.15) is 78.7 Å². The van der Waals surface area contributed by atoms with Gasteiger partial charge in [-0.05, 0) is 84.8 Å². The topological polar surface area (TPSA) is 52.0 Å². The van der Waals surface area contributed by atoms with Crippen LogP contribution in [0.15, 0.2) is 78.9 Å². The first-order valence-electron chi connectivity index (χ1n) is 12.4. The molecule has 4 rings (SSSR count). The normalized spacial score (nSPS) is 14.6. The average molecular weight is 427 g/mol. The summed E-state index contributed by atoms with van der Waals surface area (Å²) in [5.74, 6) is 0.258. The molecule has 0 saturated heterocycles. The van der Waals surface area contributed by atoms with E-state index >= 15 is 0 Å². The molecule has 0 fully saturated rings. The minimum atomic E-state index is 0.258. The van der Waals surface area contributed by atoms with Gasteiger partial charge in [-0.2, -0.15) is 0 Å². The van der Waals surface area contributed by atoms with Gasteiger partial charge in [0.15, 0.2) is 0 Å². The van der Waals surface area contributed by atoms with Crippen molar-refractivity contribution in [2.45, 2.75) is 62.7 Å². The van der Waals surface area contributed by atoms with Crippen LogP contribution in [-0.2, 0) is 11.8 Å². The molecule has 3 aromatic carbocycles. The van der Waals surface area contributed by atoms with E-state index in [1.165, 1.54) is 55.2 Å². The number of hydrogen-bond donors (Lipinski definition) is 2. The second-order valence-corrected chi connectivity index (χ2v) is 9.44. The highest BCUT2D eigenvalue weighted by Gasteiger charge is 2.38. The molecule has 0 heterocycles. The first kappa shape index (κ1) is 22.8. The Bertz CT molecular complexity index is 915. The zero-order valence-electron chi connectivity index (χ0n) is 19.3. The van der Waals surface area contributed by atoms with Crippen LogP contribution in [0.25, 0.3) is 0 Å². The summed E-state index contributed by atoms with van der Waals surface area (Å²) in [5.41, 5.74) is 19.2. The van der Waals surface area contributed by atoms with Crippen LogP contribution < -0.4 is 11.5 Å². The summed E-state index contributed by atoms with van der Waals surface area (Å²) >= 11 is 0. The van der Waals surface area contributed by atoms with Crippen molar-refractivity contribution >= 4 is 0 Å². The van der Waals surface area contributed by atoms with E-state index in [1.54, 1.807) is 11.1 Å². The van der Waals surface area contributed by atoms with E-state index in [2.05, 4.69) is 78.9 Å². The molecule has 0 aliphatic heterocycles. The van der Waals surface area contributed by atoms with Crippen molar-refractivity contribution in [3.8, 4) is 0 Å². The lowest BCUT2D eigenvalue weighted by atomic mass is 9.72. The molecule has 0 bridgehead atoms. The maximum absolute atomic E-state index is 5.85. The zero-order chi connectivity index (χ0) is 22.2. The van der Waals surface area contributed by atoms with Gasteiger partial charge in [-0.1, -0.05) is 91.7 Å². The molecule has 0 radical (unpaired) electrons. The smallest absolute Gasteiger partial charge is 0.0340 e. The van der Waals surface area contributed by atoms with Gasteiger partial charge in [0.05, 0.1) is 0 Å². The van der Waals surface area contributed by atoms with E-state index in [4.69, 9.17) is 11.5 Å². The Morgan fingerprint density at radius 3 is 1.75 bits per heavy atom. The molecule has 168 valence electrons. The van der Waals surface area contributed by atoms with E-state index < -0.39 is 0 Å². The molecular weight excluding hydrogens is 388 g/mol. The Balaban J connectivity index is 1.74. The van der Waals surface area contributed by atoms with Gasteiger partial charge in [0.1, 0.15) is 0 Å². The second-order valence-electron chi connectivity index (χ2n) is 9.44. The number of hydrogen-bond acceptors (Lipinski definition) is 2. The van der Waals surface area contributed by atoms with Crippen molar-refractivity contribution in [1.29, 1.82) is 0 Å². The highest BCUT2D eigenvalue weighted by Crippen LogP contribution is 2.47. The predicted molar refractivity (Wildman–Crippen MR) is 136 cm³/mol. The van der Waals surface area contributed by atoms with Crippen molar-refractivity contribution in [3.63, 3.8) is 0 Å². The lowest BCUT2D eigenvalue weighted by molar-refractivity contribution is 0.337. The van der Waals surface area contributed by atoms with Gasteiger partial charge in [-0.15, -0.1) is 0 Å². The van der Waals surface area contributed by atoms with Gasteiger partial charge in [-0.25, -0.2) is 0 Å². The fourth-order valence-electron chi connectivity index (χ4n) is 5.72. The van der Waals surface area contributed by atoms with Gasteiger partial charge in [0.2, 0.25) is 0 Å². The Kier molecular flexibility index (Phi) is 7.78. The van der Waals surface area contributed by atoms with E-state index in [1.807, 2.05) is 0 Å². The zero-order valence-corrected chi connectivity index (χ0v) is 19.3. The third-order valence-corrected chi connectivity index (χ3v) is 7.40. The Morgan fingerprint density at radius 2 is 1.22 bits per heavy atom. The summed E-state index contributed by atoms with van der Waals surface area (Å²) in [7, 11) is 0. The molecule has 0 spiro atoms. The molecule has 2 nitrogen and oxygen atoms in total. The van der Waals surface area contributed by atoms with Crippen LogP contribution in [0.5, 0.6) is 0 Å². The Labute approximate surface area is 194 Å². The summed E-state index contributed by atoms with van der Waals surface area (Å²) in [6.07, 6.45) is 9.60. The number of benzene rings is 3. The second kappa shape index (κ2) is 10.9. The highest BCUT2D eigenvalue weighted by molar-refractivity contribution is 5.49. The molecular formula is C30H38N2. The van der Waals surface area contributed by atoms with Crippen LogP contribution in [0.2, 0.25) is 0 Å². The van der Waals surface area contributed by atoms with Gasteiger partial charge in [-0.3, -0.25) is 0 Å². The summed E-state index contributed by atoms with van der Waals surface area (Å²) in [4.78, 5) is 0. The molecule has 0 atom stereocenters. The fraction of sp³-hybridized carbons (Fsp3) is 0.400. The number of rotatable bonds is 11. The third kappa shape index (κ3) is 4.98. The Hall–Kier alpha value is -2.42. The SMILES string of the molecule is NCCCCC1(CCCCN)CCc2ccc(C(c3ccccc3)c3ccccc3)cc21. The third-order valence-electron chi connectivity index (χ3n) is 7.40. The minimum Gasteiger partial charge on any atom is -0.330 e. The van der Waals surface area contributed by atoms with Crippen LogP contribution in [0.3, 0.4) is 0 Å². The van der Waals surface area contributed by atoms with Crippen molar-refractivity contribution in [3.05, 3.63) is 107 Å². The van der Waals surface area contributed by atoms with Crippen LogP contribution in [0, 0.1) is 0 Å². The number of fused-ring (bicyclic) bond motifs is 1. The lowest BCUT2D eigenvalue weighted by Crippen LogP contribution is -2.24.